The molecule has 1 heterocycles. The molecule has 1 amide bonds. The highest BCUT2D eigenvalue weighted by Gasteiger charge is 2.35. The van der Waals surface area contributed by atoms with Gasteiger partial charge in [0.15, 0.2) is 4.34 Å². The summed E-state index contributed by atoms with van der Waals surface area (Å²) in [7, 11) is 0. The zero-order valence-corrected chi connectivity index (χ0v) is 15.7. The summed E-state index contributed by atoms with van der Waals surface area (Å²) in [6.45, 7) is 0. The van der Waals surface area contributed by atoms with Gasteiger partial charge in [0, 0.05) is 5.75 Å². The van der Waals surface area contributed by atoms with Crippen molar-refractivity contribution < 1.29 is 18.0 Å². The fourth-order valence-electron chi connectivity index (χ4n) is 2.23. The van der Waals surface area contributed by atoms with Crippen molar-refractivity contribution in [3.05, 3.63) is 70.8 Å². The zero-order valence-electron chi connectivity index (χ0n) is 14.0. The lowest BCUT2D eigenvalue weighted by Crippen LogP contribution is -2.18. The summed E-state index contributed by atoms with van der Waals surface area (Å²) in [4.78, 5) is 12.2. The summed E-state index contributed by atoms with van der Waals surface area (Å²) in [6.07, 6.45) is -4.63. The standard InChI is InChI=1S/C18H11F3N4OS2/c19-18(20,21)14-4-2-1-3-13(14)15(26)23-16-24-25-17(28-16)27-10-12-7-5-11(9-22)6-8-12/h1-8H,10H2,(H,23,24,26). The van der Waals surface area contributed by atoms with E-state index in [0.717, 1.165) is 29.0 Å². The second-order valence-corrected chi connectivity index (χ2v) is 7.67. The number of rotatable bonds is 5. The molecule has 0 aliphatic rings. The van der Waals surface area contributed by atoms with Gasteiger partial charge < -0.3 is 0 Å². The quantitative estimate of drug-likeness (QED) is 0.466. The van der Waals surface area contributed by atoms with Crippen LogP contribution in [0.3, 0.4) is 0 Å². The Balaban J connectivity index is 1.65. The Hall–Kier alpha value is -2.90. The lowest BCUT2D eigenvalue weighted by Gasteiger charge is -2.11. The van der Waals surface area contributed by atoms with Crippen LogP contribution in [0, 0.1) is 11.3 Å². The minimum Gasteiger partial charge on any atom is -0.296 e. The summed E-state index contributed by atoms with van der Waals surface area (Å²) in [6, 6.07) is 13.7. The molecule has 5 nitrogen and oxygen atoms in total. The minimum absolute atomic E-state index is 0.115. The van der Waals surface area contributed by atoms with Gasteiger partial charge in [0.1, 0.15) is 0 Å². The number of nitrogens with zero attached hydrogens (tertiary/aromatic N) is 3. The number of carbonyl (C=O) groups is 1. The lowest BCUT2D eigenvalue weighted by molar-refractivity contribution is -0.137. The fourth-order valence-corrected chi connectivity index (χ4v) is 3.93. The Kier molecular flexibility index (Phi) is 5.96. The van der Waals surface area contributed by atoms with Crippen molar-refractivity contribution in [2.24, 2.45) is 0 Å². The van der Waals surface area contributed by atoms with E-state index in [1.165, 1.54) is 23.9 Å². The molecule has 0 spiro atoms. The largest absolute Gasteiger partial charge is 0.417 e. The topological polar surface area (TPSA) is 78.7 Å². The van der Waals surface area contributed by atoms with Crippen LogP contribution in [0.5, 0.6) is 0 Å². The van der Waals surface area contributed by atoms with E-state index in [4.69, 9.17) is 5.26 Å². The third kappa shape index (κ3) is 4.88. The van der Waals surface area contributed by atoms with Crippen LogP contribution in [-0.4, -0.2) is 16.1 Å². The van der Waals surface area contributed by atoms with Crippen LogP contribution in [0.25, 0.3) is 0 Å². The first-order chi connectivity index (χ1) is 13.4. The number of anilines is 1. The van der Waals surface area contributed by atoms with Gasteiger partial charge in [-0.25, -0.2) is 0 Å². The third-order valence-corrected chi connectivity index (χ3v) is 5.59. The number of benzene rings is 2. The number of aromatic nitrogens is 2. The van der Waals surface area contributed by atoms with E-state index >= 15 is 0 Å². The van der Waals surface area contributed by atoms with Gasteiger partial charge in [-0.1, -0.05) is 47.4 Å². The predicted octanol–water partition coefficient (Wildman–Crippen LogP) is 4.97. The molecule has 0 bridgehead atoms. The SMILES string of the molecule is N#Cc1ccc(CSc2nnc(NC(=O)c3ccccc3C(F)(F)F)s2)cc1. The summed E-state index contributed by atoms with van der Waals surface area (Å²) >= 11 is 2.44. The number of alkyl halides is 3. The van der Waals surface area contributed by atoms with Crippen LogP contribution in [0.4, 0.5) is 18.3 Å². The Morgan fingerprint density at radius 2 is 1.86 bits per heavy atom. The van der Waals surface area contributed by atoms with E-state index in [1.54, 1.807) is 12.1 Å². The van der Waals surface area contributed by atoms with Gasteiger partial charge in [0.2, 0.25) is 5.13 Å². The highest BCUT2D eigenvalue weighted by atomic mass is 32.2. The second-order valence-electron chi connectivity index (χ2n) is 5.47. The average Bonchev–Trinajstić information content (AvgIpc) is 3.13. The molecule has 0 fully saturated rings. The predicted molar refractivity (Wildman–Crippen MR) is 100 cm³/mol. The molecule has 0 unspecified atom stereocenters. The summed E-state index contributed by atoms with van der Waals surface area (Å²) in [5.74, 6) is -0.321. The first-order valence-corrected chi connectivity index (χ1v) is 9.60. The Bertz CT molecular complexity index is 1030. The maximum atomic E-state index is 13.0. The maximum Gasteiger partial charge on any atom is 0.417 e. The van der Waals surface area contributed by atoms with E-state index in [0.29, 0.717) is 15.7 Å². The summed E-state index contributed by atoms with van der Waals surface area (Å²) in [5, 5.41) is 19.0. The smallest absolute Gasteiger partial charge is 0.296 e. The number of hydrogen-bond donors (Lipinski definition) is 1. The van der Waals surface area contributed by atoms with Crippen molar-refractivity contribution in [3.8, 4) is 6.07 Å². The number of amides is 1. The Morgan fingerprint density at radius 3 is 2.54 bits per heavy atom. The molecule has 2 aromatic carbocycles. The highest BCUT2D eigenvalue weighted by Crippen LogP contribution is 2.33. The van der Waals surface area contributed by atoms with Crippen LogP contribution in [0.1, 0.15) is 27.0 Å². The number of nitrogens with one attached hydrogen (secondary N) is 1. The molecule has 3 rings (SSSR count). The molecule has 1 N–H and O–H groups in total. The van der Waals surface area contributed by atoms with Crippen molar-refractivity contribution in [1.29, 1.82) is 5.26 Å². The average molecular weight is 420 g/mol. The van der Waals surface area contributed by atoms with Crippen molar-refractivity contribution in [2.45, 2.75) is 16.3 Å². The summed E-state index contributed by atoms with van der Waals surface area (Å²) in [5.41, 5.74) is 0.0575. The minimum atomic E-state index is -4.63. The molecular formula is C18H11F3N4OS2. The summed E-state index contributed by atoms with van der Waals surface area (Å²) < 4.78 is 39.7. The van der Waals surface area contributed by atoms with Crippen LogP contribution < -0.4 is 5.32 Å². The van der Waals surface area contributed by atoms with Gasteiger partial charge in [-0.15, -0.1) is 10.2 Å². The molecule has 0 atom stereocenters. The Labute approximate surface area is 166 Å². The molecule has 3 aromatic rings. The number of hydrogen-bond acceptors (Lipinski definition) is 6. The van der Waals surface area contributed by atoms with Crippen LogP contribution >= 0.6 is 23.1 Å². The first-order valence-electron chi connectivity index (χ1n) is 7.80. The fraction of sp³-hybridized carbons (Fsp3) is 0.111. The third-order valence-electron chi connectivity index (χ3n) is 3.55. The van der Waals surface area contributed by atoms with E-state index in [9.17, 15) is 18.0 Å². The molecule has 28 heavy (non-hydrogen) atoms. The van der Waals surface area contributed by atoms with Crippen LogP contribution in [-0.2, 0) is 11.9 Å². The van der Waals surface area contributed by atoms with E-state index in [1.807, 2.05) is 18.2 Å². The molecule has 10 heteroatoms. The van der Waals surface area contributed by atoms with E-state index < -0.39 is 23.2 Å². The number of carbonyl (C=O) groups excluding carboxylic acids is 1. The number of halogens is 3. The van der Waals surface area contributed by atoms with Crippen LogP contribution in [0.2, 0.25) is 0 Å². The lowest BCUT2D eigenvalue weighted by atomic mass is 10.1. The Morgan fingerprint density at radius 1 is 1.14 bits per heavy atom. The van der Waals surface area contributed by atoms with Gasteiger partial charge in [-0.2, -0.15) is 18.4 Å². The normalized spacial score (nSPS) is 11.1. The van der Waals surface area contributed by atoms with E-state index in [2.05, 4.69) is 15.5 Å². The number of thioether (sulfide) groups is 1. The monoisotopic (exact) mass is 420 g/mol. The van der Waals surface area contributed by atoms with Crippen LogP contribution in [0.15, 0.2) is 52.9 Å². The van der Waals surface area contributed by atoms with Crippen molar-refractivity contribution >= 4 is 34.1 Å². The maximum absolute atomic E-state index is 13.0. The van der Waals surface area contributed by atoms with Gasteiger partial charge in [-0.3, -0.25) is 10.1 Å². The zero-order chi connectivity index (χ0) is 20.1. The number of nitriles is 1. The molecular weight excluding hydrogens is 409 g/mol. The molecule has 0 saturated heterocycles. The van der Waals surface area contributed by atoms with Crippen molar-refractivity contribution in [3.63, 3.8) is 0 Å². The molecule has 0 saturated carbocycles. The first kappa shape index (κ1) is 19.9. The van der Waals surface area contributed by atoms with Gasteiger partial charge in [0.05, 0.1) is 22.8 Å². The molecule has 1 aromatic heterocycles. The molecule has 0 aliphatic heterocycles. The van der Waals surface area contributed by atoms with Crippen molar-refractivity contribution in [2.75, 3.05) is 5.32 Å². The van der Waals surface area contributed by atoms with Gasteiger partial charge in [-0.05, 0) is 29.8 Å². The molecule has 0 radical (unpaired) electrons. The van der Waals surface area contributed by atoms with E-state index in [-0.39, 0.29) is 5.13 Å². The van der Waals surface area contributed by atoms with Gasteiger partial charge in [0.25, 0.3) is 5.91 Å². The molecule has 0 aliphatic carbocycles. The molecule has 142 valence electrons. The van der Waals surface area contributed by atoms with Gasteiger partial charge >= 0.3 is 6.18 Å². The highest BCUT2D eigenvalue weighted by molar-refractivity contribution is 8.00. The van der Waals surface area contributed by atoms with Crippen molar-refractivity contribution in [1.82, 2.24) is 10.2 Å². The second kappa shape index (κ2) is 8.41.